The first-order chi connectivity index (χ1) is 11.7. The topological polar surface area (TPSA) is 140 Å². The van der Waals surface area contributed by atoms with Gasteiger partial charge >= 0.3 is 13.3 Å². The molecule has 0 spiro atoms. The Labute approximate surface area is 143 Å². The van der Waals surface area contributed by atoms with Gasteiger partial charge in [-0.3, -0.25) is 18.9 Å². The third kappa shape index (κ3) is 4.55. The second kappa shape index (κ2) is 7.77. The summed E-state index contributed by atoms with van der Waals surface area (Å²) in [6.45, 7) is 3.56. The minimum atomic E-state index is -4.41. The van der Waals surface area contributed by atoms with Crippen molar-refractivity contribution in [2.75, 3.05) is 13.7 Å². The van der Waals surface area contributed by atoms with E-state index in [0.29, 0.717) is 6.61 Å². The molecule has 0 radical (unpaired) electrons. The first-order valence-electron chi connectivity index (χ1n) is 7.54. The highest BCUT2D eigenvalue weighted by atomic mass is 31.2. The SMILES string of the molecule is CCO[C@@H]1[C@H](OC)[C@H](n2ccc(=O)[nH]c2=O)O[C@@H]1/C(C)=C/P(=O)(O)O. The second-order valence-electron chi connectivity index (χ2n) is 5.55. The maximum Gasteiger partial charge on any atom is 0.349 e. The van der Waals surface area contributed by atoms with Crippen LogP contribution in [0.1, 0.15) is 20.1 Å². The summed E-state index contributed by atoms with van der Waals surface area (Å²) in [4.78, 5) is 43.7. The van der Waals surface area contributed by atoms with E-state index in [-0.39, 0.29) is 5.57 Å². The van der Waals surface area contributed by atoms with E-state index in [2.05, 4.69) is 4.98 Å². The van der Waals surface area contributed by atoms with E-state index >= 15 is 0 Å². The number of methoxy groups -OCH3 is 1. The lowest BCUT2D eigenvalue weighted by atomic mass is 10.0. The van der Waals surface area contributed by atoms with E-state index in [0.717, 1.165) is 10.4 Å². The first-order valence-corrected chi connectivity index (χ1v) is 9.22. The fourth-order valence-corrected chi connectivity index (χ4v) is 3.50. The van der Waals surface area contributed by atoms with E-state index in [1.165, 1.54) is 26.3 Å². The van der Waals surface area contributed by atoms with Crippen molar-refractivity contribution in [3.8, 4) is 0 Å². The van der Waals surface area contributed by atoms with Crippen LogP contribution in [0.4, 0.5) is 0 Å². The van der Waals surface area contributed by atoms with Crippen molar-refractivity contribution >= 4 is 7.60 Å². The first kappa shape index (κ1) is 19.8. The third-order valence-electron chi connectivity index (χ3n) is 3.77. The van der Waals surface area contributed by atoms with E-state index in [1.54, 1.807) is 6.92 Å². The number of ether oxygens (including phenoxy) is 3. The molecule has 1 saturated heterocycles. The quantitative estimate of drug-likeness (QED) is 0.587. The average Bonchev–Trinajstić information content (AvgIpc) is 2.84. The van der Waals surface area contributed by atoms with Crippen molar-refractivity contribution < 1.29 is 28.6 Å². The van der Waals surface area contributed by atoms with Gasteiger partial charge < -0.3 is 24.0 Å². The van der Waals surface area contributed by atoms with Crippen molar-refractivity contribution in [3.63, 3.8) is 0 Å². The zero-order valence-electron chi connectivity index (χ0n) is 14.0. The van der Waals surface area contributed by atoms with Gasteiger partial charge in [0, 0.05) is 31.8 Å². The highest BCUT2D eigenvalue weighted by Gasteiger charge is 2.47. The molecular formula is C14H21N2O8P. The minimum absolute atomic E-state index is 0.258. The van der Waals surface area contributed by atoms with Crippen molar-refractivity contribution in [2.45, 2.75) is 38.4 Å². The molecule has 1 aromatic rings. The number of H-pyrrole nitrogens is 1. The lowest BCUT2D eigenvalue weighted by molar-refractivity contribution is -0.0594. The monoisotopic (exact) mass is 376 g/mol. The van der Waals surface area contributed by atoms with Crippen LogP contribution in [0.5, 0.6) is 0 Å². The van der Waals surface area contributed by atoms with Crippen LogP contribution in [0.2, 0.25) is 0 Å². The van der Waals surface area contributed by atoms with Crippen LogP contribution in [-0.2, 0) is 18.8 Å². The number of hydrogen-bond donors (Lipinski definition) is 3. The number of nitrogens with zero attached hydrogens (tertiary/aromatic N) is 1. The fourth-order valence-electron chi connectivity index (χ4n) is 2.82. The molecule has 11 heteroatoms. The number of hydrogen-bond acceptors (Lipinski definition) is 6. The van der Waals surface area contributed by atoms with E-state index < -0.39 is 43.4 Å². The van der Waals surface area contributed by atoms with Gasteiger partial charge in [-0.15, -0.1) is 0 Å². The van der Waals surface area contributed by atoms with Gasteiger partial charge in [0.1, 0.15) is 18.3 Å². The molecule has 1 aliphatic heterocycles. The number of nitrogens with one attached hydrogen (secondary N) is 1. The summed E-state index contributed by atoms with van der Waals surface area (Å²) in [7, 11) is -3.00. The van der Waals surface area contributed by atoms with Crippen LogP contribution in [0.3, 0.4) is 0 Å². The Hall–Kier alpha value is -1.55. The largest absolute Gasteiger partial charge is 0.374 e. The van der Waals surface area contributed by atoms with Crippen LogP contribution in [-0.4, -0.2) is 51.4 Å². The van der Waals surface area contributed by atoms with Crippen LogP contribution >= 0.6 is 7.60 Å². The third-order valence-corrected chi connectivity index (χ3v) is 4.51. The maximum absolute atomic E-state index is 12.1. The highest BCUT2D eigenvalue weighted by molar-refractivity contribution is 7.55. The smallest absolute Gasteiger partial charge is 0.349 e. The Morgan fingerprint density at radius 2 is 2.12 bits per heavy atom. The summed E-state index contributed by atoms with van der Waals surface area (Å²) in [6, 6.07) is 1.17. The number of aromatic amines is 1. The predicted molar refractivity (Wildman–Crippen MR) is 87.2 cm³/mol. The van der Waals surface area contributed by atoms with Gasteiger partial charge in [-0.05, 0) is 19.4 Å². The van der Waals surface area contributed by atoms with Crippen molar-refractivity contribution in [2.24, 2.45) is 0 Å². The fraction of sp³-hybridized carbons (Fsp3) is 0.571. The van der Waals surface area contributed by atoms with Gasteiger partial charge in [-0.25, -0.2) is 4.79 Å². The van der Waals surface area contributed by atoms with Crippen LogP contribution in [0.15, 0.2) is 33.2 Å². The van der Waals surface area contributed by atoms with Crippen LogP contribution < -0.4 is 11.2 Å². The molecule has 1 aromatic heterocycles. The summed E-state index contributed by atoms with van der Waals surface area (Å²) >= 11 is 0. The molecule has 1 aliphatic rings. The van der Waals surface area contributed by atoms with E-state index in [9.17, 15) is 14.2 Å². The average molecular weight is 376 g/mol. The van der Waals surface area contributed by atoms with Gasteiger partial charge in [-0.1, -0.05) is 0 Å². The molecule has 0 bridgehead atoms. The number of rotatable bonds is 6. The Balaban J connectivity index is 2.46. The molecule has 1 fully saturated rings. The van der Waals surface area contributed by atoms with Gasteiger partial charge in [0.2, 0.25) is 0 Å². The molecule has 3 N–H and O–H groups in total. The Bertz CT molecular complexity index is 795. The molecule has 140 valence electrons. The standard InChI is InChI=1S/C14H21N2O8P/c1-4-23-11-10(8(2)7-25(19,20)21)24-13(12(11)22-3)16-6-5-9(17)15-14(16)18/h5-7,10-13H,4H2,1-3H3,(H,15,17,18)(H2,19,20,21)/b8-7+/t10-,11+,12+,13-/m1/s1. The molecule has 0 saturated carbocycles. The normalized spacial score (nSPS) is 27.6. The summed E-state index contributed by atoms with van der Waals surface area (Å²) in [5, 5.41) is 0. The van der Waals surface area contributed by atoms with E-state index in [1.807, 2.05) is 0 Å². The van der Waals surface area contributed by atoms with Gasteiger partial charge in [0.25, 0.3) is 5.56 Å². The van der Waals surface area contributed by atoms with Crippen LogP contribution in [0, 0.1) is 0 Å². The molecule has 0 aromatic carbocycles. The molecule has 25 heavy (non-hydrogen) atoms. The maximum atomic E-state index is 12.1. The Kier molecular flexibility index (Phi) is 6.15. The van der Waals surface area contributed by atoms with E-state index in [4.69, 9.17) is 24.0 Å². The molecule has 0 aliphatic carbocycles. The summed E-state index contributed by atoms with van der Waals surface area (Å²) in [6.07, 6.45) is -1.92. The summed E-state index contributed by atoms with van der Waals surface area (Å²) < 4.78 is 29.3. The zero-order chi connectivity index (χ0) is 18.8. The van der Waals surface area contributed by atoms with Gasteiger partial charge in [-0.2, -0.15) is 0 Å². The van der Waals surface area contributed by atoms with Gasteiger partial charge in [0.05, 0.1) is 0 Å². The minimum Gasteiger partial charge on any atom is -0.374 e. The van der Waals surface area contributed by atoms with Gasteiger partial charge in [0.15, 0.2) is 6.23 Å². The summed E-state index contributed by atoms with van der Waals surface area (Å²) in [5.41, 5.74) is -0.982. The molecule has 0 unspecified atom stereocenters. The lowest BCUT2D eigenvalue weighted by Crippen LogP contribution is -2.39. The predicted octanol–water partition coefficient (Wildman–Crippen LogP) is -0.0644. The van der Waals surface area contributed by atoms with Crippen molar-refractivity contribution in [3.05, 3.63) is 44.5 Å². The molecule has 2 rings (SSSR count). The molecule has 0 amide bonds. The summed E-state index contributed by atoms with van der Waals surface area (Å²) in [5.74, 6) is 0.800. The zero-order valence-corrected chi connectivity index (χ0v) is 14.9. The molecule has 10 nitrogen and oxygen atoms in total. The number of aromatic nitrogens is 2. The molecule has 4 atom stereocenters. The Morgan fingerprint density at radius 3 is 2.64 bits per heavy atom. The molecular weight excluding hydrogens is 355 g/mol. The lowest BCUT2D eigenvalue weighted by Gasteiger charge is -2.23. The van der Waals surface area contributed by atoms with Crippen LogP contribution in [0.25, 0.3) is 0 Å². The van der Waals surface area contributed by atoms with Crippen molar-refractivity contribution in [1.29, 1.82) is 0 Å². The highest BCUT2D eigenvalue weighted by Crippen LogP contribution is 2.42. The molecule has 2 heterocycles. The Morgan fingerprint density at radius 1 is 1.44 bits per heavy atom. The second-order valence-corrected chi connectivity index (χ2v) is 6.98. The van der Waals surface area contributed by atoms with Crippen molar-refractivity contribution in [1.82, 2.24) is 9.55 Å².